The molecule has 1 aliphatic heterocycles. The number of hydrogen-bond donors (Lipinski definition) is 1. The van der Waals surface area contributed by atoms with Gasteiger partial charge in [0.05, 0.1) is 0 Å². The Hall–Kier alpha value is -1.19. The summed E-state index contributed by atoms with van der Waals surface area (Å²) in [6.45, 7) is 7.16. The van der Waals surface area contributed by atoms with Crippen molar-refractivity contribution in [2.24, 2.45) is 0 Å². The highest BCUT2D eigenvalue weighted by Gasteiger charge is 2.11. The van der Waals surface area contributed by atoms with Gasteiger partial charge in [-0.05, 0) is 12.5 Å². The van der Waals surface area contributed by atoms with E-state index in [1.54, 1.807) is 0 Å². The molecule has 0 bridgehead atoms. The van der Waals surface area contributed by atoms with Crippen LogP contribution in [0.15, 0.2) is 18.2 Å². The molecule has 1 aromatic rings. The van der Waals surface area contributed by atoms with Crippen LogP contribution in [0.1, 0.15) is 21.5 Å². The minimum atomic E-state index is 0.823. The van der Waals surface area contributed by atoms with Gasteiger partial charge < -0.3 is 5.32 Å². The number of nitrogens with zero attached hydrogens (tertiary/aromatic N) is 1. The summed E-state index contributed by atoms with van der Waals surface area (Å²) in [6, 6.07) is 6.02. The van der Waals surface area contributed by atoms with Gasteiger partial charge in [-0.3, -0.25) is 9.69 Å². The monoisotopic (exact) mass is 218 g/mol. The molecule has 1 fully saturated rings. The zero-order valence-electron chi connectivity index (χ0n) is 9.70. The second-order valence-electron chi connectivity index (χ2n) is 4.35. The Bertz CT molecular complexity index is 370. The van der Waals surface area contributed by atoms with E-state index in [-0.39, 0.29) is 0 Å². The molecule has 1 N–H and O–H groups in total. The van der Waals surface area contributed by atoms with Crippen molar-refractivity contribution >= 4 is 6.29 Å². The van der Waals surface area contributed by atoms with Crippen molar-refractivity contribution < 1.29 is 4.79 Å². The van der Waals surface area contributed by atoms with Gasteiger partial charge in [-0.2, -0.15) is 0 Å². The fourth-order valence-electron chi connectivity index (χ4n) is 2.10. The highest BCUT2D eigenvalue weighted by Crippen LogP contribution is 2.13. The van der Waals surface area contributed by atoms with Crippen molar-refractivity contribution in [3.63, 3.8) is 0 Å². The quantitative estimate of drug-likeness (QED) is 0.774. The first-order valence-electron chi connectivity index (χ1n) is 5.77. The van der Waals surface area contributed by atoms with Crippen LogP contribution in [0.2, 0.25) is 0 Å². The summed E-state index contributed by atoms with van der Waals surface area (Å²) in [6.07, 6.45) is 0.955. The first-order valence-corrected chi connectivity index (χ1v) is 5.77. The first-order chi connectivity index (χ1) is 7.79. The van der Waals surface area contributed by atoms with Crippen LogP contribution in [0, 0.1) is 6.92 Å². The molecule has 0 amide bonds. The van der Waals surface area contributed by atoms with Crippen LogP contribution < -0.4 is 5.32 Å². The predicted octanol–water partition coefficient (Wildman–Crippen LogP) is 1.21. The number of carbonyl (C=O) groups excluding carboxylic acids is 1. The van der Waals surface area contributed by atoms with Crippen LogP contribution in [0.25, 0.3) is 0 Å². The number of aldehydes is 1. The second-order valence-corrected chi connectivity index (χ2v) is 4.35. The van der Waals surface area contributed by atoms with Crippen molar-refractivity contribution in [2.45, 2.75) is 13.5 Å². The third kappa shape index (κ3) is 2.68. The summed E-state index contributed by atoms with van der Waals surface area (Å²) in [5, 5.41) is 3.33. The molecule has 2 rings (SSSR count). The lowest BCUT2D eigenvalue weighted by Gasteiger charge is -2.27. The Morgan fingerprint density at radius 2 is 2.12 bits per heavy atom. The minimum Gasteiger partial charge on any atom is -0.314 e. The molecule has 1 aromatic carbocycles. The molecular formula is C13H18N2O. The highest BCUT2D eigenvalue weighted by molar-refractivity contribution is 5.77. The van der Waals surface area contributed by atoms with Crippen molar-refractivity contribution in [3.8, 4) is 0 Å². The SMILES string of the molecule is Cc1ccc(C=O)c(CN2CCNCC2)c1. The van der Waals surface area contributed by atoms with Gasteiger partial charge in [0.2, 0.25) is 0 Å². The Morgan fingerprint density at radius 1 is 1.38 bits per heavy atom. The molecule has 86 valence electrons. The van der Waals surface area contributed by atoms with E-state index in [1.165, 1.54) is 5.56 Å². The van der Waals surface area contributed by atoms with E-state index in [2.05, 4.69) is 23.2 Å². The average Bonchev–Trinajstić information content (AvgIpc) is 2.31. The number of hydrogen-bond acceptors (Lipinski definition) is 3. The van der Waals surface area contributed by atoms with Gasteiger partial charge in [-0.25, -0.2) is 0 Å². The maximum absolute atomic E-state index is 10.9. The molecule has 3 heteroatoms. The van der Waals surface area contributed by atoms with Gasteiger partial charge in [0, 0.05) is 38.3 Å². The van der Waals surface area contributed by atoms with E-state index in [4.69, 9.17) is 0 Å². The van der Waals surface area contributed by atoms with Gasteiger partial charge in [0.25, 0.3) is 0 Å². The lowest BCUT2D eigenvalue weighted by molar-refractivity contribution is 0.112. The van der Waals surface area contributed by atoms with Crippen LogP contribution in [-0.2, 0) is 6.54 Å². The van der Waals surface area contributed by atoms with Crippen LogP contribution in [0.5, 0.6) is 0 Å². The fraction of sp³-hybridized carbons (Fsp3) is 0.462. The van der Waals surface area contributed by atoms with Gasteiger partial charge >= 0.3 is 0 Å². The van der Waals surface area contributed by atoms with Gasteiger partial charge in [0.15, 0.2) is 0 Å². The summed E-state index contributed by atoms with van der Waals surface area (Å²) < 4.78 is 0. The largest absolute Gasteiger partial charge is 0.314 e. The number of aryl methyl sites for hydroxylation is 1. The Labute approximate surface area is 96.5 Å². The van der Waals surface area contributed by atoms with Crippen molar-refractivity contribution in [3.05, 3.63) is 34.9 Å². The van der Waals surface area contributed by atoms with E-state index in [0.29, 0.717) is 0 Å². The summed E-state index contributed by atoms with van der Waals surface area (Å²) in [4.78, 5) is 13.3. The third-order valence-electron chi connectivity index (χ3n) is 3.03. The maximum Gasteiger partial charge on any atom is 0.150 e. The molecule has 0 spiro atoms. The molecule has 0 saturated carbocycles. The molecule has 0 radical (unpaired) electrons. The van der Waals surface area contributed by atoms with E-state index >= 15 is 0 Å². The Morgan fingerprint density at radius 3 is 2.81 bits per heavy atom. The number of benzene rings is 1. The standard InChI is InChI=1S/C13H18N2O/c1-11-2-3-12(10-16)13(8-11)9-15-6-4-14-5-7-15/h2-3,8,10,14H,4-7,9H2,1H3. The number of carbonyl (C=O) groups is 1. The number of nitrogens with one attached hydrogen (secondary N) is 1. The molecule has 0 atom stereocenters. The van der Waals surface area contributed by atoms with Gasteiger partial charge in [0.1, 0.15) is 6.29 Å². The normalized spacial score (nSPS) is 17.3. The van der Waals surface area contributed by atoms with E-state index in [1.807, 2.05) is 12.1 Å². The summed E-state index contributed by atoms with van der Waals surface area (Å²) in [7, 11) is 0. The molecule has 16 heavy (non-hydrogen) atoms. The van der Waals surface area contributed by atoms with E-state index < -0.39 is 0 Å². The first kappa shape index (κ1) is 11.3. The second kappa shape index (κ2) is 5.23. The summed E-state index contributed by atoms with van der Waals surface area (Å²) in [5.41, 5.74) is 3.19. The molecule has 1 aliphatic rings. The maximum atomic E-state index is 10.9. The van der Waals surface area contributed by atoms with Gasteiger partial charge in [-0.15, -0.1) is 0 Å². The minimum absolute atomic E-state index is 0.823. The molecule has 0 aromatic heterocycles. The average molecular weight is 218 g/mol. The van der Waals surface area contributed by atoms with Gasteiger partial charge in [-0.1, -0.05) is 23.8 Å². The van der Waals surface area contributed by atoms with Crippen molar-refractivity contribution in [1.29, 1.82) is 0 Å². The number of piperazine rings is 1. The lowest BCUT2D eigenvalue weighted by atomic mass is 10.0. The topological polar surface area (TPSA) is 32.3 Å². The molecule has 1 saturated heterocycles. The van der Waals surface area contributed by atoms with Crippen LogP contribution >= 0.6 is 0 Å². The van der Waals surface area contributed by atoms with E-state index in [0.717, 1.165) is 50.1 Å². The fourth-order valence-corrected chi connectivity index (χ4v) is 2.10. The molecular weight excluding hydrogens is 200 g/mol. The third-order valence-corrected chi connectivity index (χ3v) is 3.03. The van der Waals surface area contributed by atoms with Crippen LogP contribution in [0.3, 0.4) is 0 Å². The summed E-state index contributed by atoms with van der Waals surface area (Å²) in [5.74, 6) is 0. The highest BCUT2D eigenvalue weighted by atomic mass is 16.1. The number of rotatable bonds is 3. The molecule has 0 unspecified atom stereocenters. The zero-order chi connectivity index (χ0) is 11.4. The van der Waals surface area contributed by atoms with Crippen LogP contribution in [-0.4, -0.2) is 37.4 Å². The zero-order valence-corrected chi connectivity index (χ0v) is 9.70. The van der Waals surface area contributed by atoms with Crippen molar-refractivity contribution in [1.82, 2.24) is 10.2 Å². The lowest BCUT2D eigenvalue weighted by Crippen LogP contribution is -2.43. The van der Waals surface area contributed by atoms with E-state index in [9.17, 15) is 4.79 Å². The van der Waals surface area contributed by atoms with Crippen LogP contribution in [0.4, 0.5) is 0 Å². The molecule has 0 aliphatic carbocycles. The smallest absolute Gasteiger partial charge is 0.150 e. The molecule has 1 heterocycles. The Balaban J connectivity index is 2.12. The van der Waals surface area contributed by atoms with Crippen molar-refractivity contribution in [2.75, 3.05) is 26.2 Å². The predicted molar refractivity (Wildman–Crippen MR) is 64.7 cm³/mol. The Kier molecular flexibility index (Phi) is 3.70. The molecule has 3 nitrogen and oxygen atoms in total. The summed E-state index contributed by atoms with van der Waals surface area (Å²) >= 11 is 0.